The second-order valence-corrected chi connectivity index (χ2v) is 7.05. The van der Waals surface area contributed by atoms with E-state index in [2.05, 4.69) is 45.2 Å². The fraction of sp³-hybridized carbons (Fsp3) is 1.00. The van der Waals surface area contributed by atoms with E-state index >= 15 is 0 Å². The van der Waals surface area contributed by atoms with E-state index in [-0.39, 0.29) is 0 Å². The van der Waals surface area contributed by atoms with Crippen LogP contribution >= 0.6 is 0 Å². The first-order valence-corrected chi connectivity index (χ1v) is 8.95. The van der Waals surface area contributed by atoms with Crippen molar-refractivity contribution in [1.29, 1.82) is 0 Å². The maximum absolute atomic E-state index is 3.69. The van der Waals surface area contributed by atoms with Crippen molar-refractivity contribution in [3.05, 3.63) is 0 Å². The zero-order valence-electron chi connectivity index (χ0n) is 14.7. The van der Waals surface area contributed by atoms with Crippen molar-refractivity contribution in [3.63, 3.8) is 0 Å². The van der Waals surface area contributed by atoms with Crippen molar-refractivity contribution < 1.29 is 0 Å². The van der Waals surface area contributed by atoms with Gasteiger partial charge in [-0.3, -0.25) is 0 Å². The van der Waals surface area contributed by atoms with Gasteiger partial charge in [-0.1, -0.05) is 58.8 Å². The van der Waals surface area contributed by atoms with Crippen LogP contribution in [0.15, 0.2) is 0 Å². The molecule has 2 nitrogen and oxygen atoms in total. The van der Waals surface area contributed by atoms with Gasteiger partial charge in [-0.15, -0.1) is 0 Å². The molecule has 1 aliphatic rings. The van der Waals surface area contributed by atoms with Crippen LogP contribution < -0.4 is 5.32 Å². The van der Waals surface area contributed by atoms with E-state index in [0.29, 0.717) is 11.6 Å². The maximum Gasteiger partial charge on any atom is 0.0356 e. The molecule has 20 heavy (non-hydrogen) atoms. The topological polar surface area (TPSA) is 15.3 Å². The van der Waals surface area contributed by atoms with Crippen LogP contribution in [-0.2, 0) is 0 Å². The summed E-state index contributed by atoms with van der Waals surface area (Å²) in [7, 11) is 6.77. The Morgan fingerprint density at radius 1 is 1.10 bits per heavy atom. The monoisotopic (exact) mass is 282 g/mol. The van der Waals surface area contributed by atoms with Gasteiger partial charge in [0.05, 0.1) is 0 Å². The van der Waals surface area contributed by atoms with Gasteiger partial charge in [0.15, 0.2) is 0 Å². The summed E-state index contributed by atoms with van der Waals surface area (Å²) >= 11 is 0. The molecular weight excluding hydrogens is 244 g/mol. The second kappa shape index (κ2) is 9.04. The van der Waals surface area contributed by atoms with E-state index in [1.165, 1.54) is 64.2 Å². The number of nitrogens with zero attached hydrogens (tertiary/aromatic N) is 1. The Morgan fingerprint density at radius 2 is 1.75 bits per heavy atom. The van der Waals surface area contributed by atoms with E-state index in [9.17, 15) is 0 Å². The van der Waals surface area contributed by atoms with Gasteiger partial charge in [-0.2, -0.15) is 0 Å². The summed E-state index contributed by atoms with van der Waals surface area (Å²) in [4.78, 5) is 2.53. The minimum absolute atomic E-state index is 0.395. The lowest BCUT2D eigenvalue weighted by atomic mass is 9.72. The third-order valence-electron chi connectivity index (χ3n) is 5.72. The van der Waals surface area contributed by atoms with E-state index in [1.807, 2.05) is 0 Å². The van der Waals surface area contributed by atoms with E-state index in [0.717, 1.165) is 5.92 Å². The maximum atomic E-state index is 3.69. The zero-order chi connectivity index (χ0) is 15.0. The van der Waals surface area contributed by atoms with Crippen LogP contribution in [0.3, 0.4) is 0 Å². The molecule has 1 N–H and O–H groups in total. The molecular formula is C18H38N2. The molecule has 0 radical (unpaired) electrons. The van der Waals surface area contributed by atoms with Gasteiger partial charge in [0.25, 0.3) is 0 Å². The molecule has 1 rings (SSSR count). The Labute approximate surface area is 127 Å². The van der Waals surface area contributed by atoms with Crippen molar-refractivity contribution >= 4 is 0 Å². The van der Waals surface area contributed by atoms with Crippen LogP contribution in [0.4, 0.5) is 0 Å². The number of likely N-dealkylation sites (N-methyl/N-ethyl adjacent to an activating group) is 2. The third-order valence-corrected chi connectivity index (χ3v) is 5.72. The molecule has 0 spiro atoms. The zero-order valence-corrected chi connectivity index (χ0v) is 14.7. The Bertz CT molecular complexity index is 244. The van der Waals surface area contributed by atoms with Crippen molar-refractivity contribution in [2.24, 2.45) is 5.92 Å². The summed E-state index contributed by atoms with van der Waals surface area (Å²) in [5, 5.41) is 3.69. The van der Waals surface area contributed by atoms with Crippen LogP contribution in [0, 0.1) is 5.92 Å². The van der Waals surface area contributed by atoms with Gasteiger partial charge in [0.1, 0.15) is 0 Å². The first-order chi connectivity index (χ1) is 9.60. The summed E-state index contributed by atoms with van der Waals surface area (Å²) < 4.78 is 0. The predicted octanol–water partition coefficient (Wildman–Crippen LogP) is 4.45. The molecule has 0 amide bonds. The van der Waals surface area contributed by atoms with Gasteiger partial charge >= 0.3 is 0 Å². The fourth-order valence-electron chi connectivity index (χ4n) is 4.19. The van der Waals surface area contributed by atoms with Crippen molar-refractivity contribution in [2.75, 3.05) is 21.1 Å². The number of nitrogens with one attached hydrogen (secondary N) is 1. The highest BCUT2D eigenvalue weighted by Gasteiger charge is 2.41. The fourth-order valence-corrected chi connectivity index (χ4v) is 4.19. The van der Waals surface area contributed by atoms with Gasteiger partial charge in [0, 0.05) is 11.6 Å². The largest absolute Gasteiger partial charge is 0.315 e. The van der Waals surface area contributed by atoms with Crippen LogP contribution in [-0.4, -0.2) is 37.6 Å². The van der Waals surface area contributed by atoms with Crippen molar-refractivity contribution in [1.82, 2.24) is 10.2 Å². The summed E-state index contributed by atoms with van der Waals surface area (Å²) in [5.74, 6) is 0.895. The van der Waals surface area contributed by atoms with Gasteiger partial charge in [-0.05, 0) is 46.3 Å². The normalized spacial score (nSPS) is 21.9. The van der Waals surface area contributed by atoms with Crippen LogP contribution in [0.2, 0.25) is 0 Å². The molecule has 0 heterocycles. The van der Waals surface area contributed by atoms with E-state index in [1.54, 1.807) is 0 Å². The number of rotatable bonds is 9. The SMILES string of the molecule is CCCCC(CC)CC(NC)C1(N(C)C)CCCCC1. The lowest BCUT2D eigenvalue weighted by Gasteiger charge is -2.49. The summed E-state index contributed by atoms with van der Waals surface area (Å²) in [6, 6.07) is 0.652. The highest BCUT2D eigenvalue weighted by molar-refractivity contribution is 5.00. The number of hydrogen-bond acceptors (Lipinski definition) is 2. The lowest BCUT2D eigenvalue weighted by Crippen LogP contribution is -2.59. The average molecular weight is 283 g/mol. The quantitative estimate of drug-likeness (QED) is 0.672. The Hall–Kier alpha value is -0.0800. The second-order valence-electron chi connectivity index (χ2n) is 7.05. The summed E-state index contributed by atoms with van der Waals surface area (Å²) in [6.45, 7) is 4.68. The molecule has 2 atom stereocenters. The molecule has 0 bridgehead atoms. The van der Waals surface area contributed by atoms with Crippen molar-refractivity contribution in [3.8, 4) is 0 Å². The predicted molar refractivity (Wildman–Crippen MR) is 90.3 cm³/mol. The molecule has 2 unspecified atom stereocenters. The molecule has 1 saturated carbocycles. The molecule has 120 valence electrons. The molecule has 1 aliphatic carbocycles. The first-order valence-electron chi connectivity index (χ1n) is 8.95. The summed E-state index contributed by atoms with van der Waals surface area (Å²) in [5.41, 5.74) is 0.395. The van der Waals surface area contributed by atoms with Crippen LogP contribution in [0.25, 0.3) is 0 Å². The molecule has 2 heteroatoms. The number of unbranched alkanes of at least 4 members (excludes halogenated alkanes) is 1. The van der Waals surface area contributed by atoms with Crippen molar-refractivity contribution in [2.45, 2.75) is 89.6 Å². The Kier molecular flexibility index (Phi) is 8.13. The van der Waals surface area contributed by atoms with Crippen LogP contribution in [0.5, 0.6) is 0 Å². The lowest BCUT2D eigenvalue weighted by molar-refractivity contribution is 0.0487. The standard InChI is InChI=1S/C18H38N2/c1-6-8-12-16(7-2)15-17(19-3)18(20(4)5)13-10-9-11-14-18/h16-17,19H,6-15H2,1-5H3. The molecule has 1 fully saturated rings. The highest BCUT2D eigenvalue weighted by Crippen LogP contribution is 2.38. The minimum atomic E-state index is 0.395. The molecule has 0 aromatic heterocycles. The minimum Gasteiger partial charge on any atom is -0.315 e. The van der Waals surface area contributed by atoms with Gasteiger partial charge in [-0.25, -0.2) is 0 Å². The molecule has 0 aliphatic heterocycles. The smallest absolute Gasteiger partial charge is 0.0356 e. The van der Waals surface area contributed by atoms with Gasteiger partial charge in [0.2, 0.25) is 0 Å². The third kappa shape index (κ3) is 4.46. The van der Waals surface area contributed by atoms with Crippen LogP contribution in [0.1, 0.15) is 78.1 Å². The summed E-state index contributed by atoms with van der Waals surface area (Å²) in [6.07, 6.45) is 13.8. The van der Waals surface area contributed by atoms with Gasteiger partial charge < -0.3 is 10.2 Å². The first kappa shape index (κ1) is 18.0. The van der Waals surface area contributed by atoms with E-state index in [4.69, 9.17) is 0 Å². The molecule has 0 aromatic carbocycles. The Morgan fingerprint density at radius 3 is 2.20 bits per heavy atom. The van der Waals surface area contributed by atoms with E-state index < -0.39 is 0 Å². The Balaban J connectivity index is 2.74. The molecule has 0 saturated heterocycles. The molecule has 0 aromatic rings. The highest BCUT2D eigenvalue weighted by atomic mass is 15.2. The number of hydrogen-bond donors (Lipinski definition) is 1. The average Bonchev–Trinajstić information content (AvgIpc) is 2.48.